The molecule has 4 nitrogen and oxygen atoms in total. The fourth-order valence-corrected chi connectivity index (χ4v) is 2.44. The minimum absolute atomic E-state index is 0.0638. The van der Waals surface area contributed by atoms with Crippen LogP contribution in [0.15, 0.2) is 42.5 Å². The molecule has 0 aromatic heterocycles. The first-order valence-corrected chi connectivity index (χ1v) is 6.63. The van der Waals surface area contributed by atoms with Crippen molar-refractivity contribution >= 4 is 11.9 Å². The van der Waals surface area contributed by atoms with E-state index in [1.54, 1.807) is 13.0 Å². The minimum atomic E-state index is -1.10. The van der Waals surface area contributed by atoms with Gasteiger partial charge < -0.3 is 10.2 Å². The summed E-state index contributed by atoms with van der Waals surface area (Å²) < 4.78 is 0. The van der Waals surface area contributed by atoms with Gasteiger partial charge in [0, 0.05) is 0 Å². The molecule has 0 amide bonds. The number of rotatable bonds is 5. The van der Waals surface area contributed by atoms with E-state index in [4.69, 9.17) is 0 Å². The lowest BCUT2D eigenvalue weighted by Gasteiger charge is -2.12. The molecule has 0 saturated carbocycles. The predicted molar refractivity (Wildman–Crippen MR) is 78.9 cm³/mol. The first-order chi connectivity index (χ1) is 10.0. The van der Waals surface area contributed by atoms with Gasteiger partial charge in [0.15, 0.2) is 0 Å². The van der Waals surface area contributed by atoms with Gasteiger partial charge in [-0.15, -0.1) is 0 Å². The zero-order chi connectivity index (χ0) is 15.4. The number of carboxylic acids is 2. The molecule has 0 unspecified atom stereocenters. The van der Waals surface area contributed by atoms with Crippen LogP contribution in [0.1, 0.15) is 37.4 Å². The van der Waals surface area contributed by atoms with E-state index in [9.17, 15) is 19.8 Å². The summed E-state index contributed by atoms with van der Waals surface area (Å²) >= 11 is 0. The Hall–Kier alpha value is -2.62. The van der Waals surface area contributed by atoms with Gasteiger partial charge in [0.25, 0.3) is 0 Å². The molecule has 4 heteroatoms. The van der Waals surface area contributed by atoms with Crippen LogP contribution in [0.4, 0.5) is 0 Å². The lowest BCUT2D eigenvalue weighted by Crippen LogP contribution is -2.12. The van der Waals surface area contributed by atoms with Crippen LogP contribution in [-0.4, -0.2) is 22.2 Å². The van der Waals surface area contributed by atoms with Gasteiger partial charge in [-0.2, -0.15) is 0 Å². The second-order valence-electron chi connectivity index (χ2n) is 4.88. The lowest BCUT2D eigenvalue weighted by atomic mass is 9.92. The van der Waals surface area contributed by atoms with Crippen molar-refractivity contribution in [3.63, 3.8) is 0 Å². The second-order valence-corrected chi connectivity index (χ2v) is 4.88. The van der Waals surface area contributed by atoms with Crippen LogP contribution in [0.3, 0.4) is 0 Å². The summed E-state index contributed by atoms with van der Waals surface area (Å²) in [5, 5.41) is 18.6. The highest BCUT2D eigenvalue weighted by Crippen LogP contribution is 2.21. The topological polar surface area (TPSA) is 74.6 Å². The average molecular weight is 284 g/mol. The molecule has 2 rings (SSSR count). The van der Waals surface area contributed by atoms with Gasteiger partial charge in [-0.05, 0) is 42.5 Å². The fraction of sp³-hybridized carbons (Fsp3) is 0.176. The van der Waals surface area contributed by atoms with Gasteiger partial charge in [-0.3, -0.25) is 0 Å². The molecule has 0 saturated heterocycles. The Labute approximate surface area is 122 Å². The monoisotopic (exact) mass is 284 g/mol. The molecule has 0 radical (unpaired) electrons. The zero-order valence-electron chi connectivity index (χ0n) is 11.7. The van der Waals surface area contributed by atoms with Crippen molar-refractivity contribution in [3.8, 4) is 0 Å². The van der Waals surface area contributed by atoms with Crippen LogP contribution in [-0.2, 0) is 12.8 Å². The molecule has 0 spiro atoms. The number of hydrogen-bond donors (Lipinski definition) is 2. The van der Waals surface area contributed by atoms with Gasteiger partial charge in [0.2, 0.25) is 0 Å². The van der Waals surface area contributed by atoms with Crippen LogP contribution in [0, 0.1) is 6.92 Å². The number of aryl methyl sites for hydroxylation is 2. The number of aromatic carboxylic acids is 2. The summed E-state index contributed by atoms with van der Waals surface area (Å²) in [6, 6.07) is 12.6. The van der Waals surface area contributed by atoms with Crippen molar-refractivity contribution in [3.05, 3.63) is 70.3 Å². The quantitative estimate of drug-likeness (QED) is 0.884. The predicted octanol–water partition coefficient (Wildman–Crippen LogP) is 3.18. The molecule has 21 heavy (non-hydrogen) atoms. The Bertz CT molecular complexity index is 675. The van der Waals surface area contributed by atoms with E-state index in [0.717, 1.165) is 5.56 Å². The van der Waals surface area contributed by atoms with Crippen molar-refractivity contribution in [1.29, 1.82) is 0 Å². The van der Waals surface area contributed by atoms with Crippen LogP contribution < -0.4 is 0 Å². The van der Waals surface area contributed by atoms with Gasteiger partial charge in [-0.25, -0.2) is 9.59 Å². The standard InChI is InChI=1S/C17H16O4/c1-11-7-9-14(16(18)19)13(15(11)17(20)21)10-8-12-5-3-2-4-6-12/h2-7,9H,8,10H2,1H3,(H,18,19)(H,20,21). The number of hydrogen-bond acceptors (Lipinski definition) is 2. The fourth-order valence-electron chi connectivity index (χ4n) is 2.44. The first-order valence-electron chi connectivity index (χ1n) is 6.63. The smallest absolute Gasteiger partial charge is 0.336 e. The summed E-state index contributed by atoms with van der Waals surface area (Å²) in [5.74, 6) is -2.18. The summed E-state index contributed by atoms with van der Waals surface area (Å²) in [4.78, 5) is 22.8. The Balaban J connectivity index is 2.42. The van der Waals surface area contributed by atoms with Crippen LogP contribution in [0.2, 0.25) is 0 Å². The molecule has 0 atom stereocenters. The first kappa shape index (κ1) is 14.8. The maximum Gasteiger partial charge on any atom is 0.336 e. The summed E-state index contributed by atoms with van der Waals surface area (Å²) in [6.45, 7) is 1.68. The van der Waals surface area contributed by atoms with Crippen molar-refractivity contribution < 1.29 is 19.8 Å². The van der Waals surface area contributed by atoms with E-state index >= 15 is 0 Å². The van der Waals surface area contributed by atoms with E-state index in [1.165, 1.54) is 6.07 Å². The minimum Gasteiger partial charge on any atom is -0.478 e. The van der Waals surface area contributed by atoms with Gasteiger partial charge in [-0.1, -0.05) is 36.4 Å². The Kier molecular flexibility index (Phi) is 4.38. The highest BCUT2D eigenvalue weighted by atomic mass is 16.4. The van der Waals surface area contributed by atoms with Crippen LogP contribution >= 0.6 is 0 Å². The van der Waals surface area contributed by atoms with Crippen molar-refractivity contribution in [2.45, 2.75) is 19.8 Å². The third-order valence-corrected chi connectivity index (χ3v) is 3.47. The largest absolute Gasteiger partial charge is 0.478 e. The van der Waals surface area contributed by atoms with Crippen molar-refractivity contribution in [1.82, 2.24) is 0 Å². The molecule has 2 aromatic carbocycles. The Morgan fingerprint density at radius 3 is 2.14 bits per heavy atom. The van der Waals surface area contributed by atoms with Crippen LogP contribution in [0.25, 0.3) is 0 Å². The van der Waals surface area contributed by atoms with Crippen molar-refractivity contribution in [2.24, 2.45) is 0 Å². The number of carbonyl (C=O) groups is 2. The van der Waals surface area contributed by atoms with Gasteiger partial charge >= 0.3 is 11.9 Å². The average Bonchev–Trinajstić information content (AvgIpc) is 2.45. The maximum absolute atomic E-state index is 11.4. The van der Waals surface area contributed by atoms with Gasteiger partial charge in [0.1, 0.15) is 0 Å². The van der Waals surface area contributed by atoms with Gasteiger partial charge in [0.05, 0.1) is 11.1 Å². The molecule has 0 bridgehead atoms. The molecule has 2 N–H and O–H groups in total. The zero-order valence-corrected chi connectivity index (χ0v) is 11.7. The van der Waals surface area contributed by atoms with E-state index in [2.05, 4.69) is 0 Å². The molecule has 108 valence electrons. The lowest BCUT2D eigenvalue weighted by molar-refractivity contribution is 0.0695. The molecule has 0 fully saturated rings. The number of carboxylic acid groups (broad SMARTS) is 2. The molecule has 0 aliphatic carbocycles. The number of benzene rings is 2. The van der Waals surface area contributed by atoms with Crippen LogP contribution in [0.5, 0.6) is 0 Å². The normalized spacial score (nSPS) is 10.3. The Morgan fingerprint density at radius 1 is 0.905 bits per heavy atom. The second kappa shape index (κ2) is 6.22. The third-order valence-electron chi connectivity index (χ3n) is 3.47. The summed E-state index contributed by atoms with van der Waals surface area (Å²) in [6.07, 6.45) is 0.986. The van der Waals surface area contributed by atoms with E-state index in [1.807, 2.05) is 30.3 Å². The highest BCUT2D eigenvalue weighted by molar-refractivity contribution is 5.97. The van der Waals surface area contributed by atoms with E-state index < -0.39 is 11.9 Å². The molecule has 2 aromatic rings. The molecule has 0 aliphatic heterocycles. The van der Waals surface area contributed by atoms with E-state index in [-0.39, 0.29) is 11.1 Å². The summed E-state index contributed by atoms with van der Waals surface area (Å²) in [5.41, 5.74) is 2.18. The molecule has 0 aliphatic rings. The van der Waals surface area contributed by atoms with Crippen molar-refractivity contribution in [2.75, 3.05) is 0 Å². The molecular formula is C17H16O4. The highest BCUT2D eigenvalue weighted by Gasteiger charge is 2.20. The molecular weight excluding hydrogens is 268 g/mol. The maximum atomic E-state index is 11.4. The molecule has 0 heterocycles. The Morgan fingerprint density at radius 2 is 1.57 bits per heavy atom. The SMILES string of the molecule is Cc1ccc(C(=O)O)c(CCc2ccccc2)c1C(=O)O. The summed E-state index contributed by atoms with van der Waals surface area (Å²) in [7, 11) is 0. The third kappa shape index (κ3) is 3.28. The van der Waals surface area contributed by atoms with E-state index in [0.29, 0.717) is 24.0 Å².